The second-order valence-corrected chi connectivity index (χ2v) is 9.28. The summed E-state index contributed by atoms with van der Waals surface area (Å²) in [5.41, 5.74) is -3.38. The standard InChI is InChI=1S/C21H32F3N3O3/c1-13-7-6-10-16(14(13)2)27-18(29)20(21(22,23)24,26-19(27)30)25-17(28)12-11-15-8-4-3-5-9-15/h13-16H,3-12H2,1-2H3,(H,25,28)(H,26,30)/t13-,14+,16+,20+/m1/s1. The number of halogens is 3. The summed E-state index contributed by atoms with van der Waals surface area (Å²) in [5, 5.41) is 3.65. The molecule has 4 atom stereocenters. The van der Waals surface area contributed by atoms with Crippen LogP contribution in [0.2, 0.25) is 0 Å². The third-order valence-electron chi connectivity index (χ3n) is 7.30. The molecule has 0 aromatic carbocycles. The zero-order chi connectivity index (χ0) is 22.1. The average Bonchev–Trinajstić information content (AvgIpc) is 2.94. The molecular weight excluding hydrogens is 399 g/mol. The normalized spacial score (nSPS) is 33.5. The predicted octanol–water partition coefficient (Wildman–Crippen LogP) is 4.10. The number of nitrogens with one attached hydrogen (secondary N) is 2. The number of carbonyl (C=O) groups excluding carboxylic acids is 3. The Morgan fingerprint density at radius 1 is 1.10 bits per heavy atom. The summed E-state index contributed by atoms with van der Waals surface area (Å²) in [7, 11) is 0. The Hall–Kier alpha value is -1.80. The third-order valence-corrected chi connectivity index (χ3v) is 7.30. The van der Waals surface area contributed by atoms with Crippen LogP contribution in [0.25, 0.3) is 0 Å². The predicted molar refractivity (Wildman–Crippen MR) is 104 cm³/mol. The number of carbonyl (C=O) groups is 3. The van der Waals surface area contributed by atoms with E-state index in [1.165, 1.54) is 0 Å². The first-order valence-corrected chi connectivity index (χ1v) is 11.1. The molecule has 9 heteroatoms. The molecule has 170 valence electrons. The fraction of sp³-hybridized carbons (Fsp3) is 0.857. The highest BCUT2D eigenvalue weighted by molar-refractivity contribution is 6.09. The fourth-order valence-corrected chi connectivity index (χ4v) is 5.20. The quantitative estimate of drug-likeness (QED) is 0.644. The highest BCUT2D eigenvalue weighted by Gasteiger charge is 2.69. The van der Waals surface area contributed by atoms with Crippen molar-refractivity contribution in [1.29, 1.82) is 0 Å². The van der Waals surface area contributed by atoms with Crippen LogP contribution in [0.4, 0.5) is 18.0 Å². The molecule has 0 bridgehead atoms. The smallest absolute Gasteiger partial charge is 0.318 e. The van der Waals surface area contributed by atoms with Gasteiger partial charge < -0.3 is 5.32 Å². The van der Waals surface area contributed by atoms with E-state index in [9.17, 15) is 27.6 Å². The second kappa shape index (κ2) is 8.75. The van der Waals surface area contributed by atoms with E-state index in [0.29, 0.717) is 23.7 Å². The number of alkyl halides is 3. The Kier molecular flexibility index (Phi) is 6.67. The number of amides is 4. The topological polar surface area (TPSA) is 78.5 Å². The monoisotopic (exact) mass is 431 g/mol. The molecule has 0 unspecified atom stereocenters. The molecule has 6 nitrogen and oxygen atoms in total. The lowest BCUT2D eigenvalue weighted by Gasteiger charge is -2.38. The van der Waals surface area contributed by atoms with Crippen molar-refractivity contribution in [1.82, 2.24) is 15.5 Å². The molecule has 3 fully saturated rings. The lowest BCUT2D eigenvalue weighted by molar-refractivity contribution is -0.205. The van der Waals surface area contributed by atoms with Crippen LogP contribution >= 0.6 is 0 Å². The molecule has 0 spiro atoms. The minimum atomic E-state index is -5.14. The summed E-state index contributed by atoms with van der Waals surface area (Å²) in [6, 6.07) is -1.69. The van der Waals surface area contributed by atoms with Crippen molar-refractivity contribution in [2.75, 3.05) is 0 Å². The molecule has 0 aromatic rings. The van der Waals surface area contributed by atoms with Crippen molar-refractivity contribution >= 4 is 17.8 Å². The van der Waals surface area contributed by atoms with Gasteiger partial charge in [0, 0.05) is 12.5 Å². The van der Waals surface area contributed by atoms with Crippen LogP contribution in [-0.2, 0) is 9.59 Å². The zero-order valence-electron chi connectivity index (χ0n) is 17.7. The van der Waals surface area contributed by atoms with Crippen LogP contribution in [0, 0.1) is 17.8 Å². The molecule has 30 heavy (non-hydrogen) atoms. The maximum absolute atomic E-state index is 14.0. The SMILES string of the molecule is C[C@H]1[C@H](C)CCC[C@@H]1N1C(=O)N[C@](NC(=O)CCC2CCCCC2)(C(F)(F)F)C1=O. The Bertz CT molecular complexity index is 678. The number of hydrogen-bond donors (Lipinski definition) is 2. The summed E-state index contributed by atoms with van der Waals surface area (Å²) in [5.74, 6) is -1.88. The molecule has 1 aliphatic heterocycles. The summed E-state index contributed by atoms with van der Waals surface area (Å²) in [6.07, 6.45) is 2.59. The summed E-state index contributed by atoms with van der Waals surface area (Å²) in [4.78, 5) is 38.6. The number of urea groups is 1. The van der Waals surface area contributed by atoms with Gasteiger partial charge in [-0.3, -0.25) is 19.8 Å². The van der Waals surface area contributed by atoms with Gasteiger partial charge in [-0.15, -0.1) is 0 Å². The Morgan fingerprint density at radius 2 is 1.77 bits per heavy atom. The first-order chi connectivity index (χ1) is 14.1. The maximum Gasteiger partial charge on any atom is 0.440 e. The van der Waals surface area contributed by atoms with Gasteiger partial charge in [-0.05, 0) is 30.6 Å². The minimum absolute atomic E-state index is 0.0947. The van der Waals surface area contributed by atoms with Crippen LogP contribution < -0.4 is 10.6 Å². The molecule has 2 saturated carbocycles. The van der Waals surface area contributed by atoms with E-state index < -0.39 is 35.7 Å². The molecular formula is C21H32F3N3O3. The van der Waals surface area contributed by atoms with E-state index in [0.717, 1.165) is 44.9 Å². The van der Waals surface area contributed by atoms with E-state index >= 15 is 0 Å². The molecule has 3 rings (SSSR count). The molecule has 0 aromatic heterocycles. The van der Waals surface area contributed by atoms with Crippen LogP contribution in [0.3, 0.4) is 0 Å². The fourth-order valence-electron chi connectivity index (χ4n) is 5.20. The van der Waals surface area contributed by atoms with E-state index in [-0.39, 0.29) is 18.3 Å². The van der Waals surface area contributed by atoms with Gasteiger partial charge >= 0.3 is 12.2 Å². The molecule has 3 aliphatic rings. The van der Waals surface area contributed by atoms with Crippen LogP contribution in [0.5, 0.6) is 0 Å². The van der Waals surface area contributed by atoms with Gasteiger partial charge in [0.05, 0.1) is 0 Å². The van der Waals surface area contributed by atoms with Crippen molar-refractivity contribution in [2.45, 2.75) is 95.9 Å². The van der Waals surface area contributed by atoms with Crippen LogP contribution in [0.15, 0.2) is 0 Å². The summed E-state index contributed by atoms with van der Waals surface area (Å²) < 4.78 is 42.1. The molecule has 2 aliphatic carbocycles. The van der Waals surface area contributed by atoms with Crippen molar-refractivity contribution in [3.8, 4) is 0 Å². The molecule has 1 heterocycles. The summed E-state index contributed by atoms with van der Waals surface area (Å²) >= 11 is 0. The number of nitrogens with zero attached hydrogens (tertiary/aromatic N) is 1. The first-order valence-electron chi connectivity index (χ1n) is 11.1. The van der Waals surface area contributed by atoms with Gasteiger partial charge in [0.2, 0.25) is 5.91 Å². The summed E-state index contributed by atoms with van der Waals surface area (Å²) in [6.45, 7) is 3.82. The van der Waals surface area contributed by atoms with Crippen LogP contribution in [-0.4, -0.2) is 40.6 Å². The molecule has 4 amide bonds. The van der Waals surface area contributed by atoms with E-state index in [2.05, 4.69) is 0 Å². The lowest BCUT2D eigenvalue weighted by atomic mass is 9.77. The largest absolute Gasteiger partial charge is 0.440 e. The van der Waals surface area contributed by atoms with Gasteiger partial charge in [-0.2, -0.15) is 13.2 Å². The zero-order valence-corrected chi connectivity index (χ0v) is 17.7. The van der Waals surface area contributed by atoms with Crippen LogP contribution in [0.1, 0.15) is 78.1 Å². The third kappa shape index (κ3) is 4.30. The number of hydrogen-bond acceptors (Lipinski definition) is 3. The molecule has 2 N–H and O–H groups in total. The Morgan fingerprint density at radius 3 is 2.40 bits per heavy atom. The Balaban J connectivity index is 1.75. The van der Waals surface area contributed by atoms with Crippen molar-refractivity contribution in [2.24, 2.45) is 17.8 Å². The lowest BCUT2D eigenvalue weighted by Crippen LogP contribution is -2.69. The highest BCUT2D eigenvalue weighted by Crippen LogP contribution is 2.39. The average molecular weight is 431 g/mol. The van der Waals surface area contributed by atoms with Gasteiger partial charge in [0.25, 0.3) is 11.6 Å². The van der Waals surface area contributed by atoms with Gasteiger partial charge in [-0.25, -0.2) is 4.79 Å². The van der Waals surface area contributed by atoms with E-state index in [1.807, 2.05) is 19.2 Å². The van der Waals surface area contributed by atoms with Gasteiger partial charge in [-0.1, -0.05) is 58.8 Å². The van der Waals surface area contributed by atoms with Crippen molar-refractivity contribution in [3.63, 3.8) is 0 Å². The van der Waals surface area contributed by atoms with E-state index in [1.54, 1.807) is 5.32 Å². The van der Waals surface area contributed by atoms with Crippen molar-refractivity contribution < 1.29 is 27.6 Å². The molecule has 1 saturated heterocycles. The highest BCUT2D eigenvalue weighted by atomic mass is 19.4. The van der Waals surface area contributed by atoms with Gasteiger partial charge in [0.1, 0.15) is 0 Å². The number of imide groups is 1. The van der Waals surface area contributed by atoms with Gasteiger partial charge in [0.15, 0.2) is 0 Å². The molecule has 0 radical (unpaired) electrons. The Labute approximate surface area is 175 Å². The second-order valence-electron chi connectivity index (χ2n) is 9.28. The maximum atomic E-state index is 14.0. The van der Waals surface area contributed by atoms with E-state index in [4.69, 9.17) is 0 Å². The first kappa shape index (κ1) is 22.9. The minimum Gasteiger partial charge on any atom is -0.318 e. The van der Waals surface area contributed by atoms with Crippen molar-refractivity contribution in [3.05, 3.63) is 0 Å². The number of rotatable bonds is 5.